The van der Waals surface area contributed by atoms with Gasteiger partial charge in [-0.15, -0.1) is 11.6 Å². The monoisotopic (exact) mass is 289 g/mol. The first-order valence-corrected chi connectivity index (χ1v) is 6.73. The molecule has 0 aliphatic carbocycles. The van der Waals surface area contributed by atoms with Gasteiger partial charge in [-0.25, -0.2) is 8.78 Å². The van der Waals surface area contributed by atoms with Crippen molar-refractivity contribution in [2.45, 2.75) is 33.2 Å². The van der Waals surface area contributed by atoms with Crippen LogP contribution in [-0.2, 0) is 0 Å². The fourth-order valence-corrected chi connectivity index (χ4v) is 2.03. The van der Waals surface area contributed by atoms with Crippen molar-refractivity contribution >= 4 is 17.5 Å². The molecule has 0 heterocycles. The molecule has 1 amide bonds. The second kappa shape index (κ2) is 6.85. The first-order chi connectivity index (χ1) is 8.88. The van der Waals surface area contributed by atoms with E-state index in [-0.39, 0.29) is 17.5 Å². The van der Waals surface area contributed by atoms with Crippen LogP contribution in [-0.4, -0.2) is 17.8 Å². The molecule has 0 saturated heterocycles. The maximum Gasteiger partial charge on any atom is 0.257 e. The van der Waals surface area contributed by atoms with Crippen LogP contribution in [0.15, 0.2) is 12.1 Å². The van der Waals surface area contributed by atoms with Crippen molar-refractivity contribution in [3.8, 4) is 0 Å². The van der Waals surface area contributed by atoms with E-state index in [2.05, 4.69) is 5.32 Å². The van der Waals surface area contributed by atoms with E-state index < -0.39 is 23.1 Å². The SMILES string of the molecule is Cc1ccc(F)c(C(=O)NC(CCCl)C(C)C)c1F. The summed E-state index contributed by atoms with van der Waals surface area (Å²) in [5.41, 5.74) is -0.287. The Bertz CT molecular complexity index is 463. The minimum Gasteiger partial charge on any atom is -0.349 e. The lowest BCUT2D eigenvalue weighted by atomic mass is 10.0. The number of rotatable bonds is 5. The fraction of sp³-hybridized carbons (Fsp3) is 0.500. The van der Waals surface area contributed by atoms with Gasteiger partial charge in [0.1, 0.15) is 17.2 Å². The Morgan fingerprint density at radius 3 is 2.53 bits per heavy atom. The number of hydrogen-bond donors (Lipinski definition) is 1. The minimum absolute atomic E-state index is 0.138. The second-order valence-electron chi connectivity index (χ2n) is 4.85. The van der Waals surface area contributed by atoms with Crippen LogP contribution in [0.5, 0.6) is 0 Å². The number of carbonyl (C=O) groups excluding carboxylic acids is 1. The van der Waals surface area contributed by atoms with E-state index >= 15 is 0 Å². The molecule has 0 aliphatic heterocycles. The molecular weight excluding hydrogens is 272 g/mol. The third kappa shape index (κ3) is 3.90. The van der Waals surface area contributed by atoms with Crippen molar-refractivity contribution < 1.29 is 13.6 Å². The molecule has 0 bridgehead atoms. The molecule has 1 atom stereocenters. The molecule has 0 radical (unpaired) electrons. The molecule has 0 aromatic heterocycles. The highest BCUT2D eigenvalue weighted by atomic mass is 35.5. The van der Waals surface area contributed by atoms with Gasteiger partial charge in [-0.3, -0.25) is 4.79 Å². The van der Waals surface area contributed by atoms with E-state index in [0.29, 0.717) is 12.3 Å². The zero-order chi connectivity index (χ0) is 14.6. The van der Waals surface area contributed by atoms with Crippen LogP contribution >= 0.6 is 11.6 Å². The number of hydrogen-bond acceptors (Lipinski definition) is 1. The summed E-state index contributed by atoms with van der Waals surface area (Å²) in [6.45, 7) is 5.32. The highest BCUT2D eigenvalue weighted by Gasteiger charge is 2.22. The number of carbonyl (C=O) groups is 1. The Morgan fingerprint density at radius 1 is 1.37 bits per heavy atom. The summed E-state index contributed by atoms with van der Waals surface area (Å²) >= 11 is 5.66. The molecule has 106 valence electrons. The number of aryl methyl sites for hydroxylation is 1. The molecule has 0 spiro atoms. The van der Waals surface area contributed by atoms with Crippen LogP contribution in [0, 0.1) is 24.5 Å². The molecule has 5 heteroatoms. The van der Waals surface area contributed by atoms with Crippen molar-refractivity contribution in [1.82, 2.24) is 5.32 Å². The molecule has 0 fully saturated rings. The van der Waals surface area contributed by atoms with Crippen LogP contribution in [0.4, 0.5) is 8.78 Å². The molecule has 0 aliphatic rings. The van der Waals surface area contributed by atoms with Crippen LogP contribution in [0.3, 0.4) is 0 Å². The summed E-state index contributed by atoms with van der Waals surface area (Å²) < 4.78 is 27.4. The first kappa shape index (κ1) is 15.9. The number of halogens is 3. The first-order valence-electron chi connectivity index (χ1n) is 6.19. The lowest BCUT2D eigenvalue weighted by molar-refractivity contribution is 0.0916. The minimum atomic E-state index is -0.853. The van der Waals surface area contributed by atoms with Gasteiger partial charge in [0.05, 0.1) is 0 Å². The Hall–Kier alpha value is -1.16. The molecule has 1 rings (SSSR count). The van der Waals surface area contributed by atoms with Gasteiger partial charge in [0.15, 0.2) is 0 Å². The van der Waals surface area contributed by atoms with Gasteiger partial charge in [0, 0.05) is 11.9 Å². The average Bonchev–Trinajstić information content (AvgIpc) is 2.33. The molecule has 0 saturated carbocycles. The van der Waals surface area contributed by atoms with Crippen molar-refractivity contribution in [3.05, 3.63) is 34.9 Å². The van der Waals surface area contributed by atoms with Crippen LogP contribution in [0.2, 0.25) is 0 Å². The molecule has 1 unspecified atom stereocenters. The average molecular weight is 290 g/mol. The summed E-state index contributed by atoms with van der Waals surface area (Å²) in [6.07, 6.45) is 0.556. The summed E-state index contributed by atoms with van der Waals surface area (Å²) in [5.74, 6) is -1.89. The van der Waals surface area contributed by atoms with Gasteiger partial charge in [0.25, 0.3) is 5.91 Å². The third-order valence-corrected chi connectivity index (χ3v) is 3.27. The molecular formula is C14H18ClF2NO. The van der Waals surface area contributed by atoms with E-state index in [9.17, 15) is 13.6 Å². The lowest BCUT2D eigenvalue weighted by Crippen LogP contribution is -2.39. The Kier molecular flexibility index (Phi) is 5.73. The van der Waals surface area contributed by atoms with E-state index in [0.717, 1.165) is 6.07 Å². The standard InChI is InChI=1S/C14H18ClF2NO/c1-8(2)11(6-7-15)18-14(19)12-10(16)5-4-9(3)13(12)17/h4-5,8,11H,6-7H2,1-3H3,(H,18,19). The van der Waals surface area contributed by atoms with Gasteiger partial charge in [-0.05, 0) is 30.9 Å². The maximum atomic E-state index is 13.8. The highest BCUT2D eigenvalue weighted by Crippen LogP contribution is 2.17. The van der Waals surface area contributed by atoms with Crippen LogP contribution < -0.4 is 5.32 Å². The Labute approximate surface area is 117 Å². The molecule has 1 aromatic rings. The number of nitrogens with one attached hydrogen (secondary N) is 1. The van der Waals surface area contributed by atoms with Crippen LogP contribution in [0.25, 0.3) is 0 Å². The number of alkyl halides is 1. The van der Waals surface area contributed by atoms with E-state index in [1.54, 1.807) is 0 Å². The fourth-order valence-electron chi connectivity index (χ4n) is 1.80. The number of amides is 1. The maximum absolute atomic E-state index is 13.8. The highest BCUT2D eigenvalue weighted by molar-refractivity contribution is 6.17. The van der Waals surface area contributed by atoms with E-state index in [1.807, 2.05) is 13.8 Å². The van der Waals surface area contributed by atoms with Crippen LogP contribution in [0.1, 0.15) is 36.2 Å². The Morgan fingerprint density at radius 2 is 2.00 bits per heavy atom. The van der Waals surface area contributed by atoms with Crippen molar-refractivity contribution in [2.75, 3.05) is 5.88 Å². The zero-order valence-corrected chi connectivity index (χ0v) is 12.0. The Balaban J connectivity index is 2.98. The topological polar surface area (TPSA) is 29.1 Å². The van der Waals surface area contributed by atoms with Crippen molar-refractivity contribution in [1.29, 1.82) is 0 Å². The van der Waals surface area contributed by atoms with E-state index in [4.69, 9.17) is 11.6 Å². The van der Waals surface area contributed by atoms with Crippen molar-refractivity contribution in [2.24, 2.45) is 5.92 Å². The second-order valence-corrected chi connectivity index (χ2v) is 5.23. The zero-order valence-electron chi connectivity index (χ0n) is 11.3. The summed E-state index contributed by atoms with van der Waals surface area (Å²) in [7, 11) is 0. The largest absolute Gasteiger partial charge is 0.349 e. The molecule has 19 heavy (non-hydrogen) atoms. The van der Waals surface area contributed by atoms with Gasteiger partial charge < -0.3 is 5.32 Å². The predicted octanol–water partition coefficient (Wildman–Crippen LogP) is 3.66. The smallest absolute Gasteiger partial charge is 0.257 e. The quantitative estimate of drug-likeness (QED) is 0.824. The normalized spacial score (nSPS) is 12.6. The summed E-state index contributed by atoms with van der Waals surface area (Å²) in [5, 5.41) is 2.64. The summed E-state index contributed by atoms with van der Waals surface area (Å²) in [6, 6.07) is 2.20. The third-order valence-electron chi connectivity index (χ3n) is 3.05. The van der Waals surface area contributed by atoms with Crippen molar-refractivity contribution in [3.63, 3.8) is 0 Å². The van der Waals surface area contributed by atoms with Gasteiger partial charge in [-0.2, -0.15) is 0 Å². The number of benzene rings is 1. The lowest BCUT2D eigenvalue weighted by Gasteiger charge is -2.21. The predicted molar refractivity (Wildman–Crippen MR) is 72.5 cm³/mol. The van der Waals surface area contributed by atoms with Gasteiger partial charge in [0.2, 0.25) is 0 Å². The van der Waals surface area contributed by atoms with Gasteiger partial charge in [-0.1, -0.05) is 19.9 Å². The molecule has 1 aromatic carbocycles. The van der Waals surface area contributed by atoms with Gasteiger partial charge >= 0.3 is 0 Å². The molecule has 1 N–H and O–H groups in total. The summed E-state index contributed by atoms with van der Waals surface area (Å²) in [4.78, 5) is 12.0. The molecule has 2 nitrogen and oxygen atoms in total. The van der Waals surface area contributed by atoms with E-state index in [1.165, 1.54) is 13.0 Å².